The molecule has 0 aliphatic rings. The van der Waals surface area contributed by atoms with Crippen LogP contribution in [-0.4, -0.2) is 17.6 Å². The molecule has 6 heteroatoms. The predicted octanol–water partition coefficient (Wildman–Crippen LogP) is 1.92. The molecule has 0 saturated carbocycles. The summed E-state index contributed by atoms with van der Waals surface area (Å²) < 4.78 is 31.5. The van der Waals surface area contributed by atoms with E-state index in [-0.39, 0.29) is 17.7 Å². The lowest BCUT2D eigenvalue weighted by Crippen LogP contribution is -2.30. The first-order valence-electron chi connectivity index (χ1n) is 4.85. The minimum absolute atomic E-state index is 0.0714. The average Bonchev–Trinajstić information content (AvgIpc) is 2.28. The largest absolute Gasteiger partial charge is 0.461 e. The highest BCUT2D eigenvalue weighted by atomic mass is 19.3. The van der Waals surface area contributed by atoms with E-state index in [1.54, 1.807) is 6.07 Å². The molecular formula is C11H10F2N2O2. The molecule has 1 heterocycles. The molecule has 0 radical (unpaired) electrons. The van der Waals surface area contributed by atoms with Crippen LogP contribution in [0.15, 0.2) is 12.3 Å². The Morgan fingerprint density at radius 1 is 1.65 bits per heavy atom. The molecule has 4 nitrogen and oxygen atoms in total. The predicted molar refractivity (Wildman–Crippen MR) is 54.2 cm³/mol. The van der Waals surface area contributed by atoms with E-state index in [4.69, 9.17) is 5.26 Å². The highest BCUT2D eigenvalue weighted by Crippen LogP contribution is 2.30. The molecule has 17 heavy (non-hydrogen) atoms. The van der Waals surface area contributed by atoms with Crippen LogP contribution in [0.5, 0.6) is 0 Å². The summed E-state index contributed by atoms with van der Waals surface area (Å²) in [5.41, 5.74) is -0.456. The van der Waals surface area contributed by atoms with Gasteiger partial charge in [-0.05, 0) is 25.5 Å². The van der Waals surface area contributed by atoms with Crippen LogP contribution in [0, 0.1) is 18.3 Å². The lowest BCUT2D eigenvalue weighted by Gasteiger charge is -2.15. The molecule has 0 fully saturated rings. The van der Waals surface area contributed by atoms with Crippen LogP contribution in [0.1, 0.15) is 23.7 Å². The van der Waals surface area contributed by atoms with Crippen LogP contribution in [-0.2, 0) is 15.5 Å². The van der Waals surface area contributed by atoms with E-state index < -0.39 is 17.6 Å². The fourth-order valence-electron chi connectivity index (χ4n) is 1.28. The van der Waals surface area contributed by atoms with Crippen molar-refractivity contribution in [1.82, 2.24) is 4.98 Å². The third-order valence-electron chi connectivity index (χ3n) is 2.04. The minimum Gasteiger partial charge on any atom is -0.461 e. The Kier molecular flexibility index (Phi) is 3.73. The number of carbonyl (C=O) groups is 1. The lowest BCUT2D eigenvalue weighted by molar-refractivity contribution is -0.173. The Morgan fingerprint density at radius 3 is 2.76 bits per heavy atom. The van der Waals surface area contributed by atoms with E-state index in [0.29, 0.717) is 0 Å². The normalized spacial score (nSPS) is 10.8. The van der Waals surface area contributed by atoms with E-state index in [2.05, 4.69) is 9.72 Å². The third-order valence-corrected chi connectivity index (χ3v) is 2.04. The monoisotopic (exact) mass is 240 g/mol. The first-order valence-corrected chi connectivity index (χ1v) is 4.85. The number of hydrogen-bond acceptors (Lipinski definition) is 4. The van der Waals surface area contributed by atoms with Crippen molar-refractivity contribution in [3.8, 4) is 6.07 Å². The van der Waals surface area contributed by atoms with Gasteiger partial charge in [0.15, 0.2) is 0 Å². The second kappa shape index (κ2) is 4.87. The Bertz CT molecular complexity index is 481. The molecule has 0 aromatic carbocycles. The number of nitriles is 1. The van der Waals surface area contributed by atoms with Gasteiger partial charge in [0.1, 0.15) is 11.8 Å². The van der Waals surface area contributed by atoms with Crippen LogP contribution in [0.25, 0.3) is 0 Å². The third kappa shape index (κ3) is 2.56. The van der Waals surface area contributed by atoms with Gasteiger partial charge in [-0.1, -0.05) is 0 Å². The summed E-state index contributed by atoms with van der Waals surface area (Å²) in [6.07, 6.45) is 0.996. The number of halogens is 2. The molecule has 0 unspecified atom stereocenters. The fourth-order valence-corrected chi connectivity index (χ4v) is 1.28. The Hall–Kier alpha value is -2.03. The standard InChI is InChI=1S/C11H10F2N2O2/c1-3-17-10(16)11(12,13)9-7(2)4-8(5-14)6-15-9/h4,6H,3H2,1-2H3. The van der Waals surface area contributed by atoms with Crippen molar-refractivity contribution in [2.45, 2.75) is 19.8 Å². The summed E-state index contributed by atoms with van der Waals surface area (Å²) in [6, 6.07) is 3.02. The van der Waals surface area contributed by atoms with Crippen molar-refractivity contribution in [3.05, 3.63) is 29.1 Å². The molecule has 0 aliphatic heterocycles. The van der Waals surface area contributed by atoms with Gasteiger partial charge < -0.3 is 4.74 Å². The quantitative estimate of drug-likeness (QED) is 0.757. The number of alkyl halides is 2. The van der Waals surface area contributed by atoms with E-state index >= 15 is 0 Å². The molecule has 0 atom stereocenters. The molecule has 0 N–H and O–H groups in total. The summed E-state index contributed by atoms with van der Waals surface area (Å²) in [5.74, 6) is -5.44. The van der Waals surface area contributed by atoms with Crippen LogP contribution in [0.2, 0.25) is 0 Å². The maximum Gasteiger partial charge on any atom is 0.384 e. The number of hydrogen-bond donors (Lipinski definition) is 0. The molecule has 1 aromatic heterocycles. The molecule has 90 valence electrons. The van der Waals surface area contributed by atoms with Crippen molar-refractivity contribution < 1.29 is 18.3 Å². The summed E-state index contributed by atoms with van der Waals surface area (Å²) in [6.45, 7) is 2.66. The van der Waals surface area contributed by atoms with Gasteiger partial charge in [0.25, 0.3) is 0 Å². The second-order valence-corrected chi connectivity index (χ2v) is 3.30. The molecule has 1 aromatic rings. The van der Waals surface area contributed by atoms with Crippen molar-refractivity contribution in [1.29, 1.82) is 5.26 Å². The maximum absolute atomic E-state index is 13.6. The SMILES string of the molecule is CCOC(=O)C(F)(F)c1ncc(C#N)cc1C. The van der Waals surface area contributed by atoms with Crippen molar-refractivity contribution >= 4 is 5.97 Å². The Balaban J connectivity index is 3.16. The number of pyridine rings is 1. The highest BCUT2D eigenvalue weighted by Gasteiger charge is 2.45. The van der Waals surface area contributed by atoms with Crippen LogP contribution in [0.3, 0.4) is 0 Å². The zero-order valence-corrected chi connectivity index (χ0v) is 9.33. The number of carbonyl (C=O) groups excluding carboxylic acids is 1. The average molecular weight is 240 g/mol. The van der Waals surface area contributed by atoms with Gasteiger partial charge in [-0.3, -0.25) is 4.98 Å². The number of nitrogens with zero attached hydrogens (tertiary/aromatic N) is 2. The first kappa shape index (κ1) is 13.0. The Labute approximate surface area is 96.8 Å². The zero-order valence-electron chi connectivity index (χ0n) is 9.33. The highest BCUT2D eigenvalue weighted by molar-refractivity contribution is 5.79. The van der Waals surface area contributed by atoms with E-state index in [1.165, 1.54) is 19.9 Å². The number of rotatable bonds is 3. The number of aromatic nitrogens is 1. The van der Waals surface area contributed by atoms with Gasteiger partial charge >= 0.3 is 11.9 Å². The molecular weight excluding hydrogens is 230 g/mol. The summed E-state index contributed by atoms with van der Waals surface area (Å²) >= 11 is 0. The molecule has 1 rings (SSSR count). The second-order valence-electron chi connectivity index (χ2n) is 3.30. The lowest BCUT2D eigenvalue weighted by atomic mass is 10.1. The zero-order chi connectivity index (χ0) is 13.1. The van der Waals surface area contributed by atoms with Gasteiger partial charge in [0.2, 0.25) is 0 Å². The molecule has 0 bridgehead atoms. The summed E-state index contributed by atoms with van der Waals surface area (Å²) in [4.78, 5) is 14.5. The van der Waals surface area contributed by atoms with Gasteiger partial charge in [-0.15, -0.1) is 0 Å². The van der Waals surface area contributed by atoms with Crippen molar-refractivity contribution in [2.75, 3.05) is 6.61 Å². The summed E-state index contributed by atoms with van der Waals surface area (Å²) in [5, 5.41) is 8.58. The van der Waals surface area contributed by atoms with Gasteiger partial charge in [-0.2, -0.15) is 14.0 Å². The number of ether oxygens (including phenoxy) is 1. The van der Waals surface area contributed by atoms with Gasteiger partial charge in [-0.25, -0.2) is 4.79 Å². The van der Waals surface area contributed by atoms with E-state index in [1.807, 2.05) is 0 Å². The van der Waals surface area contributed by atoms with Crippen molar-refractivity contribution in [3.63, 3.8) is 0 Å². The molecule has 0 aliphatic carbocycles. The topological polar surface area (TPSA) is 63.0 Å². The van der Waals surface area contributed by atoms with Gasteiger partial charge in [0.05, 0.1) is 12.2 Å². The van der Waals surface area contributed by atoms with Crippen LogP contribution in [0.4, 0.5) is 8.78 Å². The maximum atomic E-state index is 13.6. The van der Waals surface area contributed by atoms with Crippen LogP contribution < -0.4 is 0 Å². The van der Waals surface area contributed by atoms with Crippen LogP contribution >= 0.6 is 0 Å². The molecule has 0 saturated heterocycles. The van der Waals surface area contributed by atoms with E-state index in [9.17, 15) is 13.6 Å². The fraction of sp³-hybridized carbons (Fsp3) is 0.364. The molecule has 0 amide bonds. The minimum atomic E-state index is -3.80. The molecule has 0 spiro atoms. The Morgan fingerprint density at radius 2 is 2.29 bits per heavy atom. The smallest absolute Gasteiger partial charge is 0.384 e. The number of esters is 1. The van der Waals surface area contributed by atoms with Crippen molar-refractivity contribution in [2.24, 2.45) is 0 Å². The summed E-state index contributed by atoms with van der Waals surface area (Å²) in [7, 11) is 0. The van der Waals surface area contributed by atoms with Gasteiger partial charge in [0, 0.05) is 6.20 Å². The first-order chi connectivity index (χ1) is 7.93. The number of aryl methyl sites for hydroxylation is 1. The van der Waals surface area contributed by atoms with E-state index in [0.717, 1.165) is 6.20 Å².